The number of carbonyl (C=O) groups excluding carboxylic acids is 1. The summed E-state index contributed by atoms with van der Waals surface area (Å²) in [6, 6.07) is 16.8. The molecule has 3 aromatic rings. The lowest BCUT2D eigenvalue weighted by atomic mass is 9.95. The number of hydrogen-bond donors (Lipinski definition) is 1. The Morgan fingerprint density at radius 2 is 1.54 bits per heavy atom. The lowest BCUT2D eigenvalue weighted by Gasteiger charge is -2.10. The number of aryl methyl sites for hydroxylation is 2. The fraction of sp³-hybridized carbons (Fsp3) is 0.250. The van der Waals surface area contributed by atoms with Crippen LogP contribution >= 0.6 is 11.3 Å². The van der Waals surface area contributed by atoms with E-state index in [2.05, 4.69) is 86.5 Å². The predicted octanol–water partition coefficient (Wildman–Crippen LogP) is 6.34. The van der Waals surface area contributed by atoms with E-state index >= 15 is 0 Å². The highest BCUT2D eigenvalue weighted by atomic mass is 32.1. The normalized spacial score (nSPS) is 10.8. The zero-order valence-electron chi connectivity index (χ0n) is 16.8. The van der Waals surface area contributed by atoms with Gasteiger partial charge in [-0.15, -0.1) is 11.3 Å². The number of nitrogens with zero attached hydrogens (tertiary/aromatic N) is 1. The smallest absolute Gasteiger partial charge is 0.229 e. The van der Waals surface area contributed by atoms with Gasteiger partial charge in [-0.2, -0.15) is 0 Å². The summed E-state index contributed by atoms with van der Waals surface area (Å²) in [6.07, 6.45) is 4.14. The van der Waals surface area contributed by atoms with Crippen molar-refractivity contribution in [2.45, 2.75) is 40.0 Å². The number of hydrogen-bond acceptors (Lipinski definition) is 3. The molecule has 3 nitrogen and oxygen atoms in total. The molecule has 0 atom stereocenters. The van der Waals surface area contributed by atoms with Gasteiger partial charge in [0.05, 0.1) is 0 Å². The van der Waals surface area contributed by atoms with Crippen molar-refractivity contribution in [3.05, 3.63) is 87.9 Å². The van der Waals surface area contributed by atoms with Gasteiger partial charge < -0.3 is 5.32 Å². The molecule has 3 rings (SSSR count). The van der Waals surface area contributed by atoms with Crippen molar-refractivity contribution >= 4 is 27.9 Å². The van der Waals surface area contributed by atoms with Crippen molar-refractivity contribution in [3.8, 4) is 0 Å². The van der Waals surface area contributed by atoms with E-state index in [0.717, 1.165) is 16.7 Å². The molecule has 144 valence electrons. The van der Waals surface area contributed by atoms with Crippen LogP contribution in [0.2, 0.25) is 0 Å². The van der Waals surface area contributed by atoms with Gasteiger partial charge in [-0.3, -0.25) is 4.79 Å². The van der Waals surface area contributed by atoms with Gasteiger partial charge in [-0.25, -0.2) is 4.98 Å². The second-order valence-corrected chi connectivity index (χ2v) is 8.39. The summed E-state index contributed by atoms with van der Waals surface area (Å²) in [5.74, 6) is 0.360. The van der Waals surface area contributed by atoms with Crippen LogP contribution in [0.15, 0.2) is 60.8 Å². The SMILES string of the molecule is Cc1ccc(C(=CCC(=O)Nc2ncc(C(C)C)s2)c2ccc(C)cc2)cc1. The second-order valence-electron chi connectivity index (χ2n) is 7.32. The summed E-state index contributed by atoms with van der Waals surface area (Å²) in [5, 5.41) is 3.58. The van der Waals surface area contributed by atoms with Gasteiger partial charge in [-0.1, -0.05) is 79.6 Å². The average Bonchev–Trinajstić information content (AvgIpc) is 3.13. The number of anilines is 1. The zero-order chi connectivity index (χ0) is 20.1. The Morgan fingerprint density at radius 1 is 1.00 bits per heavy atom. The van der Waals surface area contributed by atoms with E-state index in [4.69, 9.17) is 0 Å². The largest absolute Gasteiger partial charge is 0.302 e. The Kier molecular flexibility index (Phi) is 6.42. The number of nitrogens with one attached hydrogen (secondary N) is 1. The molecule has 2 aromatic carbocycles. The lowest BCUT2D eigenvalue weighted by Crippen LogP contribution is -2.10. The van der Waals surface area contributed by atoms with E-state index in [1.807, 2.05) is 12.3 Å². The van der Waals surface area contributed by atoms with Crippen molar-refractivity contribution in [2.75, 3.05) is 5.32 Å². The Balaban J connectivity index is 1.80. The highest BCUT2D eigenvalue weighted by molar-refractivity contribution is 7.15. The van der Waals surface area contributed by atoms with Crippen LogP contribution in [0, 0.1) is 13.8 Å². The van der Waals surface area contributed by atoms with Crippen molar-refractivity contribution < 1.29 is 4.79 Å². The number of thiazole rings is 1. The van der Waals surface area contributed by atoms with Gasteiger partial charge in [0.2, 0.25) is 5.91 Å². The number of rotatable bonds is 6. The third kappa shape index (κ3) is 5.17. The van der Waals surface area contributed by atoms with E-state index in [1.54, 1.807) is 0 Å². The monoisotopic (exact) mass is 390 g/mol. The molecule has 0 unspecified atom stereocenters. The summed E-state index contributed by atoms with van der Waals surface area (Å²) < 4.78 is 0. The lowest BCUT2D eigenvalue weighted by molar-refractivity contribution is -0.115. The van der Waals surface area contributed by atoms with E-state index in [9.17, 15) is 4.79 Å². The molecule has 4 heteroatoms. The molecule has 0 bridgehead atoms. The number of benzene rings is 2. The Morgan fingerprint density at radius 3 is 2.00 bits per heavy atom. The van der Waals surface area contributed by atoms with Crippen molar-refractivity contribution in [3.63, 3.8) is 0 Å². The van der Waals surface area contributed by atoms with E-state index < -0.39 is 0 Å². The minimum Gasteiger partial charge on any atom is -0.302 e. The van der Waals surface area contributed by atoms with Crippen LogP contribution in [0.1, 0.15) is 53.3 Å². The van der Waals surface area contributed by atoms with Crippen molar-refractivity contribution in [2.24, 2.45) is 0 Å². The molecule has 1 amide bonds. The first-order chi connectivity index (χ1) is 13.4. The molecule has 0 fully saturated rings. The predicted molar refractivity (Wildman–Crippen MR) is 119 cm³/mol. The summed E-state index contributed by atoms with van der Waals surface area (Å²) in [5.41, 5.74) is 5.72. The first-order valence-electron chi connectivity index (χ1n) is 9.52. The molecule has 0 saturated carbocycles. The van der Waals surface area contributed by atoms with Crippen LogP contribution in [-0.4, -0.2) is 10.9 Å². The number of aromatic nitrogens is 1. The molecule has 1 N–H and O–H groups in total. The Bertz CT molecular complexity index is 919. The third-order valence-electron chi connectivity index (χ3n) is 4.56. The Hall–Kier alpha value is -2.72. The highest BCUT2D eigenvalue weighted by Crippen LogP contribution is 2.27. The first-order valence-corrected chi connectivity index (χ1v) is 10.3. The van der Waals surface area contributed by atoms with Crippen LogP contribution in [0.4, 0.5) is 5.13 Å². The summed E-state index contributed by atoms with van der Waals surface area (Å²) in [6.45, 7) is 8.40. The third-order valence-corrected chi connectivity index (χ3v) is 5.77. The fourth-order valence-corrected chi connectivity index (χ4v) is 3.68. The van der Waals surface area contributed by atoms with Crippen LogP contribution in [0.3, 0.4) is 0 Å². The minimum absolute atomic E-state index is 0.0543. The van der Waals surface area contributed by atoms with Gasteiger partial charge in [0, 0.05) is 17.5 Å². The molecule has 0 radical (unpaired) electrons. The standard InChI is InChI=1S/C24H26N2OS/c1-16(2)22-15-25-24(28-22)26-23(27)14-13-21(19-9-5-17(3)6-10-19)20-11-7-18(4)8-12-20/h5-13,15-16H,14H2,1-4H3,(H,25,26,27). The molecule has 28 heavy (non-hydrogen) atoms. The highest BCUT2D eigenvalue weighted by Gasteiger charge is 2.10. The van der Waals surface area contributed by atoms with Gasteiger partial charge in [-0.05, 0) is 36.5 Å². The zero-order valence-corrected chi connectivity index (χ0v) is 17.6. The van der Waals surface area contributed by atoms with Gasteiger partial charge in [0.1, 0.15) is 0 Å². The topological polar surface area (TPSA) is 42.0 Å². The number of carbonyl (C=O) groups is 1. The van der Waals surface area contributed by atoms with Crippen LogP contribution in [0.25, 0.3) is 5.57 Å². The fourth-order valence-electron chi connectivity index (χ4n) is 2.84. The molecule has 1 heterocycles. The molecule has 1 aromatic heterocycles. The van der Waals surface area contributed by atoms with Gasteiger partial charge in [0.25, 0.3) is 0 Å². The maximum Gasteiger partial charge on any atom is 0.229 e. The molecular weight excluding hydrogens is 364 g/mol. The quantitative estimate of drug-likeness (QED) is 0.533. The maximum atomic E-state index is 12.5. The summed E-state index contributed by atoms with van der Waals surface area (Å²) in [4.78, 5) is 18.0. The maximum absolute atomic E-state index is 12.5. The van der Waals surface area contributed by atoms with Crippen LogP contribution in [-0.2, 0) is 4.79 Å². The van der Waals surface area contributed by atoms with E-state index in [1.165, 1.54) is 27.3 Å². The first kappa shape index (κ1) is 20.0. The van der Waals surface area contributed by atoms with Crippen LogP contribution in [0.5, 0.6) is 0 Å². The van der Waals surface area contributed by atoms with Gasteiger partial charge in [0.15, 0.2) is 5.13 Å². The molecule has 0 aliphatic rings. The van der Waals surface area contributed by atoms with E-state index in [0.29, 0.717) is 17.5 Å². The molecule has 0 aliphatic heterocycles. The summed E-state index contributed by atoms with van der Waals surface area (Å²) >= 11 is 1.54. The van der Waals surface area contributed by atoms with E-state index in [-0.39, 0.29) is 5.91 Å². The second kappa shape index (κ2) is 8.98. The molecule has 0 saturated heterocycles. The van der Waals surface area contributed by atoms with Crippen molar-refractivity contribution in [1.82, 2.24) is 4.98 Å². The molecule has 0 aliphatic carbocycles. The average molecular weight is 391 g/mol. The van der Waals surface area contributed by atoms with Crippen LogP contribution < -0.4 is 5.32 Å². The summed E-state index contributed by atoms with van der Waals surface area (Å²) in [7, 11) is 0. The minimum atomic E-state index is -0.0543. The molecule has 0 spiro atoms. The number of amides is 1. The Labute approximate surface area is 171 Å². The van der Waals surface area contributed by atoms with Gasteiger partial charge >= 0.3 is 0 Å². The van der Waals surface area contributed by atoms with Crippen molar-refractivity contribution in [1.29, 1.82) is 0 Å². The molecular formula is C24H26N2OS.